The van der Waals surface area contributed by atoms with E-state index in [1.807, 2.05) is 42.8 Å². The molecule has 0 saturated carbocycles. The zero-order valence-electron chi connectivity index (χ0n) is 11.6. The van der Waals surface area contributed by atoms with Gasteiger partial charge < -0.3 is 5.11 Å². The third-order valence-corrected chi connectivity index (χ3v) is 3.62. The van der Waals surface area contributed by atoms with Gasteiger partial charge in [-0.15, -0.1) is 0 Å². The first-order chi connectivity index (χ1) is 9.47. The zero-order chi connectivity index (χ0) is 14.7. The van der Waals surface area contributed by atoms with Crippen LogP contribution in [-0.2, 0) is 17.8 Å². The van der Waals surface area contributed by atoms with Crippen LogP contribution in [0.5, 0.6) is 0 Å². The molecular weight excluding hydrogens is 276 g/mol. The molecule has 0 aliphatic carbocycles. The van der Waals surface area contributed by atoms with Gasteiger partial charge in [0.2, 0.25) is 0 Å². The fourth-order valence-corrected chi connectivity index (χ4v) is 2.37. The Hall–Kier alpha value is -1.81. The van der Waals surface area contributed by atoms with Crippen molar-refractivity contribution in [2.24, 2.45) is 0 Å². The minimum atomic E-state index is -0.783. The van der Waals surface area contributed by atoms with Crippen molar-refractivity contribution >= 4 is 17.6 Å². The lowest BCUT2D eigenvalue weighted by Crippen LogP contribution is -2.04. The average Bonchev–Trinajstić information content (AvgIpc) is 2.65. The molecule has 0 radical (unpaired) electrons. The van der Waals surface area contributed by atoms with Crippen molar-refractivity contribution in [3.05, 3.63) is 51.8 Å². The first-order valence-electron chi connectivity index (χ1n) is 6.46. The van der Waals surface area contributed by atoms with Crippen molar-refractivity contribution in [2.45, 2.75) is 33.2 Å². The van der Waals surface area contributed by atoms with Crippen molar-refractivity contribution in [3.8, 4) is 0 Å². The van der Waals surface area contributed by atoms with Gasteiger partial charge in [-0.05, 0) is 43.5 Å². The summed E-state index contributed by atoms with van der Waals surface area (Å²) in [4.78, 5) is 10.7. The minimum Gasteiger partial charge on any atom is -0.481 e. The molecule has 0 spiro atoms. The molecule has 0 saturated heterocycles. The van der Waals surface area contributed by atoms with Crippen LogP contribution in [0, 0.1) is 13.8 Å². The molecule has 0 fully saturated rings. The van der Waals surface area contributed by atoms with E-state index in [2.05, 4.69) is 5.10 Å². The Balaban J connectivity index is 2.18. The Morgan fingerprint density at radius 3 is 2.55 bits per heavy atom. The number of hydrogen-bond donors (Lipinski definition) is 1. The number of benzene rings is 1. The second kappa shape index (κ2) is 6.09. The maximum Gasteiger partial charge on any atom is 0.303 e. The van der Waals surface area contributed by atoms with Gasteiger partial charge in [0.05, 0.1) is 12.2 Å². The smallest absolute Gasteiger partial charge is 0.303 e. The number of carboxylic acids is 1. The Morgan fingerprint density at radius 2 is 1.95 bits per heavy atom. The van der Waals surface area contributed by atoms with Gasteiger partial charge in [-0.25, -0.2) is 0 Å². The van der Waals surface area contributed by atoms with E-state index in [0.29, 0.717) is 18.0 Å². The summed E-state index contributed by atoms with van der Waals surface area (Å²) in [6, 6.07) is 7.65. The van der Waals surface area contributed by atoms with Gasteiger partial charge >= 0.3 is 5.97 Å². The number of nitrogens with zero attached hydrogens (tertiary/aromatic N) is 2. The topological polar surface area (TPSA) is 55.1 Å². The Morgan fingerprint density at radius 1 is 1.30 bits per heavy atom. The molecule has 1 aromatic carbocycles. The van der Waals surface area contributed by atoms with Gasteiger partial charge in [0, 0.05) is 17.1 Å². The standard InChI is InChI=1S/C15H17ClN2O2/c1-10-14(7-8-15(19)20)11(2)18(17-10)9-12-3-5-13(16)6-4-12/h3-6H,7-9H2,1-2H3,(H,19,20). The maximum atomic E-state index is 10.7. The van der Waals surface area contributed by atoms with Gasteiger partial charge in [0.25, 0.3) is 0 Å². The van der Waals surface area contributed by atoms with E-state index in [9.17, 15) is 4.79 Å². The number of carboxylic acid groups (broad SMARTS) is 1. The summed E-state index contributed by atoms with van der Waals surface area (Å²) < 4.78 is 1.91. The third kappa shape index (κ3) is 3.39. The van der Waals surface area contributed by atoms with Gasteiger partial charge in [-0.1, -0.05) is 23.7 Å². The normalized spacial score (nSPS) is 10.8. The summed E-state index contributed by atoms with van der Waals surface area (Å²) in [5.41, 5.74) is 4.07. The first-order valence-corrected chi connectivity index (χ1v) is 6.84. The molecule has 0 unspecified atom stereocenters. The molecular formula is C15H17ClN2O2. The third-order valence-electron chi connectivity index (χ3n) is 3.37. The van der Waals surface area contributed by atoms with Crippen molar-refractivity contribution in [1.29, 1.82) is 0 Å². The molecule has 0 atom stereocenters. The molecule has 5 heteroatoms. The summed E-state index contributed by atoms with van der Waals surface area (Å²) in [5, 5.41) is 14.0. The second-order valence-electron chi connectivity index (χ2n) is 4.83. The summed E-state index contributed by atoms with van der Waals surface area (Å²) in [6.07, 6.45) is 0.655. The fraction of sp³-hybridized carbons (Fsp3) is 0.333. The Bertz CT molecular complexity index is 618. The summed E-state index contributed by atoms with van der Waals surface area (Å²) >= 11 is 5.87. The molecule has 0 aliphatic rings. The van der Waals surface area contributed by atoms with Crippen LogP contribution in [-0.4, -0.2) is 20.9 Å². The lowest BCUT2D eigenvalue weighted by Gasteiger charge is -2.05. The van der Waals surface area contributed by atoms with Crippen LogP contribution in [0.3, 0.4) is 0 Å². The highest BCUT2D eigenvalue weighted by molar-refractivity contribution is 6.30. The van der Waals surface area contributed by atoms with E-state index in [-0.39, 0.29) is 6.42 Å². The highest BCUT2D eigenvalue weighted by Gasteiger charge is 2.12. The largest absolute Gasteiger partial charge is 0.481 e. The highest BCUT2D eigenvalue weighted by Crippen LogP contribution is 2.17. The molecule has 0 aliphatic heterocycles. The van der Waals surface area contributed by atoms with Gasteiger partial charge in [-0.3, -0.25) is 9.48 Å². The molecule has 4 nitrogen and oxygen atoms in total. The molecule has 1 N–H and O–H groups in total. The van der Waals surface area contributed by atoms with Gasteiger partial charge in [0.1, 0.15) is 0 Å². The van der Waals surface area contributed by atoms with Crippen molar-refractivity contribution < 1.29 is 9.90 Å². The molecule has 2 aromatic rings. The summed E-state index contributed by atoms with van der Waals surface area (Å²) in [7, 11) is 0. The molecule has 20 heavy (non-hydrogen) atoms. The van der Waals surface area contributed by atoms with Crippen LogP contribution in [0.2, 0.25) is 5.02 Å². The number of hydrogen-bond acceptors (Lipinski definition) is 2. The molecule has 106 valence electrons. The van der Waals surface area contributed by atoms with E-state index in [0.717, 1.165) is 22.5 Å². The highest BCUT2D eigenvalue weighted by atomic mass is 35.5. The van der Waals surface area contributed by atoms with Crippen molar-refractivity contribution in [1.82, 2.24) is 9.78 Å². The molecule has 0 amide bonds. The number of aliphatic carboxylic acids is 1. The Kier molecular flexibility index (Phi) is 4.45. The van der Waals surface area contributed by atoms with E-state index < -0.39 is 5.97 Å². The lowest BCUT2D eigenvalue weighted by atomic mass is 10.1. The van der Waals surface area contributed by atoms with E-state index in [1.165, 1.54) is 0 Å². The number of aryl methyl sites for hydroxylation is 1. The molecule has 2 rings (SSSR count). The van der Waals surface area contributed by atoms with Crippen LogP contribution >= 0.6 is 11.6 Å². The molecule has 0 bridgehead atoms. The summed E-state index contributed by atoms with van der Waals surface area (Å²) in [6.45, 7) is 4.56. The number of rotatable bonds is 5. The van der Waals surface area contributed by atoms with E-state index in [1.54, 1.807) is 0 Å². The first kappa shape index (κ1) is 14.6. The average molecular weight is 293 g/mol. The van der Waals surface area contributed by atoms with E-state index >= 15 is 0 Å². The lowest BCUT2D eigenvalue weighted by molar-refractivity contribution is -0.136. The minimum absolute atomic E-state index is 0.133. The van der Waals surface area contributed by atoms with Gasteiger partial charge in [-0.2, -0.15) is 5.10 Å². The van der Waals surface area contributed by atoms with Crippen LogP contribution in [0.1, 0.15) is 28.9 Å². The quantitative estimate of drug-likeness (QED) is 0.920. The van der Waals surface area contributed by atoms with Crippen molar-refractivity contribution in [2.75, 3.05) is 0 Å². The number of carbonyl (C=O) groups is 1. The van der Waals surface area contributed by atoms with Crippen LogP contribution < -0.4 is 0 Å². The number of halogens is 1. The van der Waals surface area contributed by atoms with Crippen LogP contribution in [0.4, 0.5) is 0 Å². The van der Waals surface area contributed by atoms with E-state index in [4.69, 9.17) is 16.7 Å². The number of aromatic nitrogens is 2. The zero-order valence-corrected chi connectivity index (χ0v) is 12.3. The predicted octanol–water partition coefficient (Wildman–Crippen LogP) is 3.22. The second-order valence-corrected chi connectivity index (χ2v) is 5.26. The Labute approximate surface area is 123 Å². The summed E-state index contributed by atoms with van der Waals surface area (Å²) in [5.74, 6) is -0.783. The molecule has 1 aromatic heterocycles. The predicted molar refractivity (Wildman–Crippen MR) is 78.2 cm³/mol. The fourth-order valence-electron chi connectivity index (χ4n) is 2.24. The van der Waals surface area contributed by atoms with Crippen molar-refractivity contribution in [3.63, 3.8) is 0 Å². The van der Waals surface area contributed by atoms with Crippen LogP contribution in [0.25, 0.3) is 0 Å². The monoisotopic (exact) mass is 292 g/mol. The molecule has 1 heterocycles. The van der Waals surface area contributed by atoms with Gasteiger partial charge in [0.15, 0.2) is 0 Å². The SMILES string of the molecule is Cc1nn(Cc2ccc(Cl)cc2)c(C)c1CCC(=O)O. The maximum absolute atomic E-state index is 10.7. The van der Waals surface area contributed by atoms with Crippen LogP contribution in [0.15, 0.2) is 24.3 Å².